The Morgan fingerprint density at radius 2 is 2.07 bits per heavy atom. The van der Waals surface area contributed by atoms with E-state index in [1.165, 1.54) is 24.0 Å². The van der Waals surface area contributed by atoms with E-state index in [4.69, 9.17) is 0 Å². The van der Waals surface area contributed by atoms with Crippen molar-refractivity contribution in [2.24, 2.45) is 5.92 Å². The topological polar surface area (TPSA) is 0 Å². The van der Waals surface area contributed by atoms with Gasteiger partial charge in [-0.25, -0.2) is 0 Å². The average molecular weight is 267 g/mol. The van der Waals surface area contributed by atoms with Crippen LogP contribution in [0.3, 0.4) is 0 Å². The fourth-order valence-corrected chi connectivity index (χ4v) is 3.46. The highest BCUT2D eigenvalue weighted by atomic mass is 79.9. The number of benzene rings is 1. The molecule has 0 amide bonds. The van der Waals surface area contributed by atoms with Gasteiger partial charge in [-0.2, -0.15) is 0 Å². The van der Waals surface area contributed by atoms with Gasteiger partial charge in [0, 0.05) is 4.83 Å². The van der Waals surface area contributed by atoms with Crippen LogP contribution in [0.4, 0.5) is 0 Å². The summed E-state index contributed by atoms with van der Waals surface area (Å²) >= 11 is 3.78. The largest absolute Gasteiger partial charge is 0.0838 e. The molecule has 15 heavy (non-hydrogen) atoms. The van der Waals surface area contributed by atoms with Crippen LogP contribution in [-0.4, -0.2) is 0 Å². The minimum atomic E-state index is 0.578. The maximum Gasteiger partial charge on any atom is 0.0404 e. The van der Waals surface area contributed by atoms with Gasteiger partial charge in [0.05, 0.1) is 0 Å². The Labute approximate surface area is 101 Å². The quantitative estimate of drug-likeness (QED) is 0.673. The number of alkyl halides is 1. The van der Waals surface area contributed by atoms with Crippen LogP contribution >= 0.6 is 15.9 Å². The van der Waals surface area contributed by atoms with Gasteiger partial charge in [0.1, 0.15) is 0 Å². The highest BCUT2D eigenvalue weighted by molar-refractivity contribution is 9.09. The molecule has 82 valence electrons. The Hall–Kier alpha value is -0.300. The van der Waals surface area contributed by atoms with E-state index in [0.717, 1.165) is 11.8 Å². The summed E-state index contributed by atoms with van der Waals surface area (Å²) in [7, 11) is 0. The normalized spacial score (nSPS) is 24.6. The molecule has 0 heterocycles. The van der Waals surface area contributed by atoms with E-state index in [-0.39, 0.29) is 0 Å². The second-order valence-electron chi connectivity index (χ2n) is 5.17. The molecule has 1 heteroatoms. The lowest BCUT2D eigenvalue weighted by Gasteiger charge is -2.09. The van der Waals surface area contributed by atoms with E-state index in [1.807, 2.05) is 0 Å². The molecule has 0 aromatic heterocycles. The second kappa shape index (κ2) is 4.29. The maximum absolute atomic E-state index is 3.78. The van der Waals surface area contributed by atoms with Gasteiger partial charge in [-0.3, -0.25) is 0 Å². The zero-order valence-corrected chi connectivity index (χ0v) is 11.3. The lowest BCUT2D eigenvalue weighted by Crippen LogP contribution is -1.96. The first-order valence-corrected chi connectivity index (χ1v) is 6.76. The summed E-state index contributed by atoms with van der Waals surface area (Å²) in [4.78, 5) is 0.578. The van der Waals surface area contributed by atoms with E-state index >= 15 is 0 Å². The van der Waals surface area contributed by atoms with Crippen LogP contribution in [0.5, 0.6) is 0 Å². The van der Waals surface area contributed by atoms with Crippen LogP contribution < -0.4 is 0 Å². The molecule has 1 aromatic rings. The van der Waals surface area contributed by atoms with Gasteiger partial charge in [0.25, 0.3) is 0 Å². The third-order valence-electron chi connectivity index (χ3n) is 3.22. The van der Waals surface area contributed by atoms with Crippen LogP contribution in [0.2, 0.25) is 0 Å². The zero-order chi connectivity index (χ0) is 11.0. The molecule has 0 aliphatic heterocycles. The molecule has 0 fully saturated rings. The summed E-state index contributed by atoms with van der Waals surface area (Å²) in [5.74, 6) is 1.47. The van der Waals surface area contributed by atoms with Gasteiger partial charge < -0.3 is 0 Å². The van der Waals surface area contributed by atoms with Crippen molar-refractivity contribution in [3.63, 3.8) is 0 Å². The third kappa shape index (κ3) is 2.28. The van der Waals surface area contributed by atoms with Crippen LogP contribution in [0.25, 0.3) is 0 Å². The molecule has 1 aromatic carbocycles. The standard InChI is InChI=1S/C14H19Br/c1-9(2)6-11-4-5-12-10(3)7-14(15)13(12)8-11/h4-5,8-10,14H,6-7H2,1-3H3. The Balaban J connectivity index is 2.30. The van der Waals surface area contributed by atoms with E-state index < -0.39 is 0 Å². The molecule has 0 saturated carbocycles. The van der Waals surface area contributed by atoms with Crippen molar-refractivity contribution in [3.8, 4) is 0 Å². The molecule has 2 unspecified atom stereocenters. The van der Waals surface area contributed by atoms with Crippen LogP contribution in [0, 0.1) is 5.92 Å². The van der Waals surface area contributed by atoms with Gasteiger partial charge >= 0.3 is 0 Å². The van der Waals surface area contributed by atoms with E-state index in [1.54, 1.807) is 5.56 Å². The number of fused-ring (bicyclic) bond motifs is 1. The molecule has 0 nitrogen and oxygen atoms in total. The molecule has 0 bridgehead atoms. The number of halogens is 1. The van der Waals surface area contributed by atoms with Gasteiger partial charge in [0.15, 0.2) is 0 Å². The van der Waals surface area contributed by atoms with Gasteiger partial charge in [-0.05, 0) is 41.4 Å². The summed E-state index contributed by atoms with van der Waals surface area (Å²) in [5, 5.41) is 0. The number of hydrogen-bond donors (Lipinski definition) is 0. The van der Waals surface area contributed by atoms with Crippen molar-refractivity contribution < 1.29 is 0 Å². The predicted molar refractivity (Wildman–Crippen MR) is 69.7 cm³/mol. The Bertz CT molecular complexity index is 354. The van der Waals surface area contributed by atoms with Crippen molar-refractivity contribution in [1.29, 1.82) is 0 Å². The van der Waals surface area contributed by atoms with Crippen molar-refractivity contribution >= 4 is 15.9 Å². The molecular weight excluding hydrogens is 248 g/mol. The zero-order valence-electron chi connectivity index (χ0n) is 9.76. The van der Waals surface area contributed by atoms with Crippen molar-refractivity contribution in [1.82, 2.24) is 0 Å². The first-order chi connectivity index (χ1) is 7.08. The first kappa shape index (κ1) is 11.2. The van der Waals surface area contributed by atoms with Crippen molar-refractivity contribution in [2.45, 2.75) is 44.4 Å². The SMILES string of the molecule is CC(C)Cc1ccc2c(c1)C(Br)CC2C. The molecule has 0 saturated heterocycles. The number of rotatable bonds is 2. The minimum Gasteiger partial charge on any atom is -0.0838 e. The van der Waals surface area contributed by atoms with Crippen molar-refractivity contribution in [3.05, 3.63) is 34.9 Å². The molecule has 2 atom stereocenters. The lowest BCUT2D eigenvalue weighted by atomic mass is 9.97. The number of hydrogen-bond acceptors (Lipinski definition) is 0. The van der Waals surface area contributed by atoms with Gasteiger partial charge in [-0.15, -0.1) is 0 Å². The fourth-order valence-electron chi connectivity index (χ4n) is 2.51. The highest BCUT2D eigenvalue weighted by Gasteiger charge is 2.26. The molecular formula is C14H19Br. The van der Waals surface area contributed by atoms with Gasteiger partial charge in [0.2, 0.25) is 0 Å². The summed E-state index contributed by atoms with van der Waals surface area (Å²) in [5.41, 5.74) is 4.56. The van der Waals surface area contributed by atoms with Crippen molar-refractivity contribution in [2.75, 3.05) is 0 Å². The molecule has 2 rings (SSSR count). The molecule has 0 radical (unpaired) electrons. The highest BCUT2D eigenvalue weighted by Crippen LogP contribution is 2.45. The van der Waals surface area contributed by atoms with Crippen LogP contribution in [-0.2, 0) is 6.42 Å². The Kier molecular flexibility index (Phi) is 3.20. The monoisotopic (exact) mass is 266 g/mol. The molecule has 0 N–H and O–H groups in total. The molecule has 1 aliphatic rings. The average Bonchev–Trinajstić information content (AvgIpc) is 2.41. The summed E-state index contributed by atoms with van der Waals surface area (Å²) in [6.45, 7) is 6.88. The van der Waals surface area contributed by atoms with Crippen LogP contribution in [0.1, 0.15) is 54.6 Å². The third-order valence-corrected chi connectivity index (χ3v) is 4.09. The van der Waals surface area contributed by atoms with Gasteiger partial charge in [-0.1, -0.05) is 54.9 Å². The Morgan fingerprint density at radius 3 is 2.73 bits per heavy atom. The molecule has 1 aliphatic carbocycles. The smallest absolute Gasteiger partial charge is 0.0404 e. The first-order valence-electron chi connectivity index (χ1n) is 5.84. The summed E-state index contributed by atoms with van der Waals surface area (Å²) in [6.07, 6.45) is 2.45. The summed E-state index contributed by atoms with van der Waals surface area (Å²) < 4.78 is 0. The molecule has 0 spiro atoms. The van der Waals surface area contributed by atoms with Crippen LogP contribution in [0.15, 0.2) is 18.2 Å². The van der Waals surface area contributed by atoms with E-state index in [9.17, 15) is 0 Å². The second-order valence-corrected chi connectivity index (χ2v) is 6.27. The van der Waals surface area contributed by atoms with E-state index in [0.29, 0.717) is 4.83 Å². The minimum absolute atomic E-state index is 0.578. The predicted octanol–water partition coefficient (Wildman–Crippen LogP) is 4.83. The Morgan fingerprint density at radius 1 is 1.33 bits per heavy atom. The summed E-state index contributed by atoms with van der Waals surface area (Å²) in [6, 6.07) is 7.04. The lowest BCUT2D eigenvalue weighted by molar-refractivity contribution is 0.647. The fraction of sp³-hybridized carbons (Fsp3) is 0.571. The maximum atomic E-state index is 3.78. The van der Waals surface area contributed by atoms with E-state index in [2.05, 4.69) is 54.9 Å².